The minimum absolute atomic E-state index is 0.353. The van der Waals surface area contributed by atoms with Gasteiger partial charge in [-0.2, -0.15) is 0 Å². The molecule has 2 nitrogen and oxygen atoms in total. The summed E-state index contributed by atoms with van der Waals surface area (Å²) < 4.78 is 0. The molecule has 2 rings (SSSR count). The zero-order valence-electron chi connectivity index (χ0n) is 7.96. The molecule has 1 aromatic rings. The van der Waals surface area contributed by atoms with E-state index in [2.05, 4.69) is 47.9 Å². The topological polar surface area (TPSA) is 24.1 Å². The van der Waals surface area contributed by atoms with Gasteiger partial charge >= 0.3 is 0 Å². The molecular formula is C11H16N2. The summed E-state index contributed by atoms with van der Waals surface area (Å²) in [5.41, 5.74) is 1.33. The summed E-state index contributed by atoms with van der Waals surface area (Å²) in [6.45, 7) is 3.29. The summed E-state index contributed by atoms with van der Waals surface area (Å²) in [6.07, 6.45) is 1.54. The number of nitrogens with one attached hydrogen (secondary N) is 2. The minimum atomic E-state index is 0.353. The summed E-state index contributed by atoms with van der Waals surface area (Å²) >= 11 is 0. The molecule has 13 heavy (non-hydrogen) atoms. The Morgan fingerprint density at radius 2 is 2.08 bits per heavy atom. The molecule has 0 saturated carbocycles. The normalized spacial score (nSPS) is 27.8. The molecule has 2 N–H and O–H groups in total. The van der Waals surface area contributed by atoms with E-state index < -0.39 is 0 Å². The van der Waals surface area contributed by atoms with Crippen molar-refractivity contribution in [3.8, 4) is 0 Å². The molecule has 2 heteroatoms. The number of hydrogen-bond acceptors (Lipinski definition) is 2. The fourth-order valence-corrected chi connectivity index (χ4v) is 1.74. The molecular weight excluding hydrogens is 160 g/mol. The zero-order valence-corrected chi connectivity index (χ0v) is 7.96. The van der Waals surface area contributed by atoms with Crippen LogP contribution in [0.25, 0.3) is 0 Å². The lowest BCUT2D eigenvalue weighted by atomic mass is 10.2. The highest BCUT2D eigenvalue weighted by atomic mass is 15.2. The van der Waals surface area contributed by atoms with Gasteiger partial charge in [0.05, 0.1) is 6.17 Å². The molecule has 1 fully saturated rings. The molecule has 0 bridgehead atoms. The third-order valence-corrected chi connectivity index (χ3v) is 2.60. The molecule has 1 saturated heterocycles. The van der Waals surface area contributed by atoms with Gasteiger partial charge in [0.25, 0.3) is 0 Å². The van der Waals surface area contributed by atoms with Gasteiger partial charge in [-0.3, -0.25) is 10.6 Å². The molecule has 2 unspecified atom stereocenters. The van der Waals surface area contributed by atoms with Crippen LogP contribution in [0.1, 0.15) is 25.1 Å². The van der Waals surface area contributed by atoms with Crippen LogP contribution in [-0.4, -0.2) is 12.6 Å². The van der Waals surface area contributed by atoms with Gasteiger partial charge in [0.2, 0.25) is 0 Å². The van der Waals surface area contributed by atoms with Gasteiger partial charge < -0.3 is 0 Å². The molecule has 0 aliphatic carbocycles. The maximum absolute atomic E-state index is 3.55. The van der Waals surface area contributed by atoms with Crippen LogP contribution in [0.3, 0.4) is 0 Å². The standard InChI is InChI=1S/C11H16N2/c1-2-10-8-12-11(13-10)9-6-4-3-5-7-9/h3-7,10-13H,2,8H2,1H3. The van der Waals surface area contributed by atoms with Crippen molar-refractivity contribution in [1.82, 2.24) is 10.6 Å². The number of benzene rings is 1. The number of hydrogen-bond donors (Lipinski definition) is 2. The van der Waals surface area contributed by atoms with E-state index >= 15 is 0 Å². The van der Waals surface area contributed by atoms with Gasteiger partial charge in [-0.25, -0.2) is 0 Å². The Hall–Kier alpha value is -0.860. The molecule has 70 valence electrons. The first-order valence-corrected chi connectivity index (χ1v) is 4.94. The first-order chi connectivity index (χ1) is 6.40. The maximum Gasteiger partial charge on any atom is 0.0838 e. The molecule has 1 aliphatic rings. The molecule has 2 atom stereocenters. The van der Waals surface area contributed by atoms with E-state index in [1.54, 1.807) is 0 Å². The van der Waals surface area contributed by atoms with Gasteiger partial charge in [0.15, 0.2) is 0 Å². The highest BCUT2D eigenvalue weighted by Crippen LogP contribution is 2.15. The quantitative estimate of drug-likeness (QED) is 0.716. The van der Waals surface area contributed by atoms with Crippen LogP contribution in [0.4, 0.5) is 0 Å². The van der Waals surface area contributed by atoms with Gasteiger partial charge in [0, 0.05) is 12.6 Å². The summed E-state index contributed by atoms with van der Waals surface area (Å²) in [6, 6.07) is 11.2. The van der Waals surface area contributed by atoms with Crippen molar-refractivity contribution in [2.24, 2.45) is 0 Å². The van der Waals surface area contributed by atoms with E-state index in [0.29, 0.717) is 12.2 Å². The Labute approximate surface area is 79.4 Å². The molecule has 1 heterocycles. The Bertz CT molecular complexity index is 258. The van der Waals surface area contributed by atoms with E-state index in [4.69, 9.17) is 0 Å². The lowest BCUT2D eigenvalue weighted by molar-refractivity contribution is 0.535. The lowest BCUT2D eigenvalue weighted by Gasteiger charge is -2.12. The second-order valence-corrected chi connectivity index (χ2v) is 3.52. The third-order valence-electron chi connectivity index (χ3n) is 2.60. The summed E-state index contributed by atoms with van der Waals surface area (Å²) in [5.74, 6) is 0. The van der Waals surface area contributed by atoms with E-state index in [9.17, 15) is 0 Å². The van der Waals surface area contributed by atoms with Crippen molar-refractivity contribution >= 4 is 0 Å². The Balaban J connectivity index is 2.04. The molecule has 0 amide bonds. The van der Waals surface area contributed by atoms with Crippen LogP contribution in [-0.2, 0) is 0 Å². The Kier molecular flexibility index (Phi) is 2.62. The van der Waals surface area contributed by atoms with Crippen molar-refractivity contribution in [3.63, 3.8) is 0 Å². The summed E-state index contributed by atoms with van der Waals surface area (Å²) in [5, 5.41) is 7.01. The highest BCUT2D eigenvalue weighted by molar-refractivity contribution is 5.19. The van der Waals surface area contributed by atoms with Crippen molar-refractivity contribution in [2.75, 3.05) is 6.54 Å². The van der Waals surface area contributed by atoms with Crippen molar-refractivity contribution in [3.05, 3.63) is 35.9 Å². The first-order valence-electron chi connectivity index (χ1n) is 4.94. The minimum Gasteiger partial charge on any atom is -0.297 e. The fourth-order valence-electron chi connectivity index (χ4n) is 1.74. The summed E-state index contributed by atoms with van der Waals surface area (Å²) in [4.78, 5) is 0. The molecule has 0 radical (unpaired) electrons. The first kappa shape index (κ1) is 8.73. The van der Waals surface area contributed by atoms with Gasteiger partial charge in [-0.1, -0.05) is 37.3 Å². The zero-order chi connectivity index (χ0) is 9.10. The largest absolute Gasteiger partial charge is 0.297 e. The van der Waals surface area contributed by atoms with E-state index in [0.717, 1.165) is 6.54 Å². The molecule has 1 aromatic carbocycles. The van der Waals surface area contributed by atoms with Gasteiger partial charge in [-0.05, 0) is 12.0 Å². The molecule has 0 spiro atoms. The van der Waals surface area contributed by atoms with Crippen LogP contribution in [0.15, 0.2) is 30.3 Å². The smallest absolute Gasteiger partial charge is 0.0838 e. The van der Waals surface area contributed by atoms with E-state index in [1.807, 2.05) is 0 Å². The van der Waals surface area contributed by atoms with Crippen LogP contribution in [0.5, 0.6) is 0 Å². The van der Waals surface area contributed by atoms with Crippen LogP contribution in [0, 0.1) is 0 Å². The van der Waals surface area contributed by atoms with Gasteiger partial charge in [-0.15, -0.1) is 0 Å². The van der Waals surface area contributed by atoms with Gasteiger partial charge in [0.1, 0.15) is 0 Å². The maximum atomic E-state index is 3.55. The van der Waals surface area contributed by atoms with Crippen LogP contribution >= 0.6 is 0 Å². The second kappa shape index (κ2) is 3.90. The monoisotopic (exact) mass is 176 g/mol. The predicted molar refractivity (Wildman–Crippen MR) is 54.4 cm³/mol. The average Bonchev–Trinajstić information content (AvgIpc) is 2.67. The predicted octanol–water partition coefficient (Wildman–Crippen LogP) is 1.66. The summed E-state index contributed by atoms with van der Waals surface area (Å²) in [7, 11) is 0. The highest BCUT2D eigenvalue weighted by Gasteiger charge is 2.21. The van der Waals surface area contributed by atoms with Crippen molar-refractivity contribution in [2.45, 2.75) is 25.6 Å². The fraction of sp³-hybridized carbons (Fsp3) is 0.455. The third kappa shape index (κ3) is 1.90. The van der Waals surface area contributed by atoms with E-state index in [-0.39, 0.29) is 0 Å². The van der Waals surface area contributed by atoms with Crippen LogP contribution < -0.4 is 10.6 Å². The lowest BCUT2D eigenvalue weighted by Crippen LogP contribution is -2.25. The van der Waals surface area contributed by atoms with Crippen molar-refractivity contribution in [1.29, 1.82) is 0 Å². The van der Waals surface area contributed by atoms with E-state index in [1.165, 1.54) is 12.0 Å². The average molecular weight is 176 g/mol. The SMILES string of the molecule is CCC1CNC(c2ccccc2)N1. The molecule has 1 aliphatic heterocycles. The van der Waals surface area contributed by atoms with Crippen LogP contribution in [0.2, 0.25) is 0 Å². The second-order valence-electron chi connectivity index (χ2n) is 3.52. The molecule has 0 aromatic heterocycles. The number of rotatable bonds is 2. The Morgan fingerprint density at radius 3 is 2.69 bits per heavy atom. The Morgan fingerprint density at radius 1 is 1.31 bits per heavy atom. The van der Waals surface area contributed by atoms with Crippen molar-refractivity contribution < 1.29 is 0 Å².